The molecule has 1 N–H and O–H groups in total. The van der Waals surface area contributed by atoms with Crippen molar-refractivity contribution in [3.05, 3.63) is 29.6 Å². The van der Waals surface area contributed by atoms with Gasteiger partial charge in [-0.2, -0.15) is 0 Å². The number of benzene rings is 1. The van der Waals surface area contributed by atoms with Gasteiger partial charge in [-0.25, -0.2) is 4.39 Å². The molecule has 1 aromatic carbocycles. The largest absolute Gasteiger partial charge is 0.491 e. The van der Waals surface area contributed by atoms with Gasteiger partial charge in [-0.1, -0.05) is 0 Å². The minimum Gasteiger partial charge on any atom is -0.491 e. The summed E-state index contributed by atoms with van der Waals surface area (Å²) in [5.41, 5.74) is -0.673. The van der Waals surface area contributed by atoms with Crippen molar-refractivity contribution in [1.29, 1.82) is 0 Å². The van der Waals surface area contributed by atoms with Crippen molar-refractivity contribution in [1.82, 2.24) is 0 Å². The first-order valence-corrected chi connectivity index (χ1v) is 5.79. The number of rotatable bonds is 5. The van der Waals surface area contributed by atoms with Crippen molar-refractivity contribution in [2.45, 2.75) is 6.92 Å². The molecule has 1 aliphatic heterocycles. The molecule has 0 radical (unpaired) electrons. The molecule has 1 aromatic rings. The normalized spacial score (nSPS) is 17.1. The summed E-state index contributed by atoms with van der Waals surface area (Å²) in [4.78, 5) is 12.2. The van der Waals surface area contributed by atoms with Crippen molar-refractivity contribution in [2.75, 3.05) is 26.4 Å². The van der Waals surface area contributed by atoms with E-state index in [1.165, 1.54) is 12.1 Å². The average Bonchev–Trinajstić information content (AvgIpc) is 2.31. The lowest BCUT2D eigenvalue weighted by Crippen LogP contribution is -2.51. The van der Waals surface area contributed by atoms with Crippen LogP contribution in [0.3, 0.4) is 0 Å². The molecule has 0 spiro atoms. The molecular weight excluding hydrogens is 239 g/mol. The summed E-state index contributed by atoms with van der Waals surface area (Å²) in [5.74, 6) is -0.744. The average molecular weight is 254 g/mol. The maximum absolute atomic E-state index is 13.6. The summed E-state index contributed by atoms with van der Waals surface area (Å²) in [6, 6.07) is 4.08. The zero-order valence-electron chi connectivity index (χ0n) is 10.1. The van der Waals surface area contributed by atoms with Gasteiger partial charge in [0.15, 0.2) is 17.3 Å². The second-order valence-corrected chi connectivity index (χ2v) is 4.34. The molecule has 1 saturated heterocycles. The van der Waals surface area contributed by atoms with E-state index in [9.17, 15) is 14.3 Å². The third-order valence-electron chi connectivity index (χ3n) is 3.03. The van der Waals surface area contributed by atoms with E-state index in [1.54, 1.807) is 6.92 Å². The van der Waals surface area contributed by atoms with E-state index >= 15 is 0 Å². The Bertz CT molecular complexity index is 449. The van der Waals surface area contributed by atoms with Gasteiger partial charge < -0.3 is 14.6 Å². The monoisotopic (exact) mass is 254 g/mol. The number of halogens is 1. The standard InChI is InChI=1S/C13H15FO4/c1-2-18-11-4-3-9(5-10(11)14)12(16)13(6-15)7-17-8-13/h3-5,15H,2,6-8H2,1H3. The first-order valence-electron chi connectivity index (χ1n) is 5.79. The van der Waals surface area contributed by atoms with Crippen LogP contribution in [0.4, 0.5) is 4.39 Å². The Balaban J connectivity index is 2.23. The lowest BCUT2D eigenvalue weighted by Gasteiger charge is -2.38. The van der Waals surface area contributed by atoms with Gasteiger partial charge in [0.2, 0.25) is 0 Å². The fraction of sp³-hybridized carbons (Fsp3) is 0.462. The minimum absolute atomic E-state index is 0.122. The summed E-state index contributed by atoms with van der Waals surface area (Å²) >= 11 is 0. The van der Waals surface area contributed by atoms with E-state index in [4.69, 9.17) is 9.47 Å². The lowest BCUT2D eigenvalue weighted by molar-refractivity contribution is -0.109. The third kappa shape index (κ3) is 2.11. The SMILES string of the molecule is CCOc1ccc(C(=O)C2(CO)COC2)cc1F. The smallest absolute Gasteiger partial charge is 0.176 e. The van der Waals surface area contributed by atoms with E-state index < -0.39 is 11.2 Å². The zero-order chi connectivity index (χ0) is 13.2. The van der Waals surface area contributed by atoms with Crippen LogP contribution in [0.5, 0.6) is 5.75 Å². The van der Waals surface area contributed by atoms with Crippen LogP contribution in [0.1, 0.15) is 17.3 Å². The summed E-state index contributed by atoms with van der Waals surface area (Å²) in [6.45, 7) is 2.18. The molecule has 0 bridgehead atoms. The van der Waals surface area contributed by atoms with Crippen LogP contribution >= 0.6 is 0 Å². The van der Waals surface area contributed by atoms with Crippen molar-refractivity contribution >= 4 is 5.78 Å². The molecule has 4 nitrogen and oxygen atoms in total. The maximum atomic E-state index is 13.6. The highest BCUT2D eigenvalue weighted by atomic mass is 19.1. The number of carbonyl (C=O) groups is 1. The van der Waals surface area contributed by atoms with Gasteiger partial charge in [0.25, 0.3) is 0 Å². The van der Waals surface area contributed by atoms with E-state index in [0.29, 0.717) is 6.61 Å². The predicted molar refractivity (Wildman–Crippen MR) is 62.2 cm³/mol. The molecule has 0 atom stereocenters. The molecule has 1 aliphatic rings. The highest BCUT2D eigenvalue weighted by Gasteiger charge is 2.45. The predicted octanol–water partition coefficient (Wildman–Crippen LogP) is 1.42. The molecule has 18 heavy (non-hydrogen) atoms. The highest BCUT2D eigenvalue weighted by molar-refractivity contribution is 6.01. The van der Waals surface area contributed by atoms with Crippen molar-refractivity contribution in [2.24, 2.45) is 5.41 Å². The number of aliphatic hydroxyl groups is 1. The van der Waals surface area contributed by atoms with Crippen LogP contribution in [-0.2, 0) is 4.74 Å². The zero-order valence-corrected chi connectivity index (χ0v) is 10.1. The highest BCUT2D eigenvalue weighted by Crippen LogP contribution is 2.32. The van der Waals surface area contributed by atoms with Crippen molar-refractivity contribution < 1.29 is 23.8 Å². The van der Waals surface area contributed by atoms with Gasteiger partial charge in [-0.05, 0) is 25.1 Å². The Hall–Kier alpha value is -1.46. The lowest BCUT2D eigenvalue weighted by atomic mass is 9.79. The van der Waals surface area contributed by atoms with Crippen molar-refractivity contribution in [3.63, 3.8) is 0 Å². The van der Waals surface area contributed by atoms with Crippen LogP contribution in [0.2, 0.25) is 0 Å². The number of carbonyl (C=O) groups excluding carboxylic acids is 1. The molecule has 1 fully saturated rings. The maximum Gasteiger partial charge on any atom is 0.176 e. The van der Waals surface area contributed by atoms with Gasteiger partial charge in [0.1, 0.15) is 5.41 Å². The number of Topliss-reactive ketones (excluding diaryl/α,β-unsaturated/α-hetero) is 1. The second kappa shape index (κ2) is 5.04. The van der Waals surface area contributed by atoms with Crippen LogP contribution in [0.15, 0.2) is 18.2 Å². The van der Waals surface area contributed by atoms with Crippen LogP contribution in [-0.4, -0.2) is 37.3 Å². The van der Waals surface area contributed by atoms with Gasteiger partial charge in [-0.15, -0.1) is 0 Å². The minimum atomic E-state index is -0.903. The van der Waals surface area contributed by atoms with Crippen LogP contribution < -0.4 is 4.74 Å². The Morgan fingerprint density at radius 2 is 2.28 bits per heavy atom. The second-order valence-electron chi connectivity index (χ2n) is 4.34. The third-order valence-corrected chi connectivity index (χ3v) is 3.03. The Morgan fingerprint density at radius 1 is 1.56 bits per heavy atom. The first-order chi connectivity index (χ1) is 8.63. The van der Waals surface area contributed by atoms with Gasteiger partial charge in [0, 0.05) is 5.56 Å². The van der Waals surface area contributed by atoms with Crippen molar-refractivity contribution in [3.8, 4) is 5.75 Å². The van der Waals surface area contributed by atoms with Gasteiger partial charge in [0.05, 0.1) is 26.4 Å². The fourth-order valence-corrected chi connectivity index (χ4v) is 1.86. The van der Waals surface area contributed by atoms with E-state index in [0.717, 1.165) is 6.07 Å². The molecule has 0 amide bonds. The first kappa shape index (κ1) is 13.0. The summed E-state index contributed by atoms with van der Waals surface area (Å²) in [7, 11) is 0. The molecule has 2 rings (SSSR count). The quantitative estimate of drug-likeness (QED) is 0.807. The molecule has 0 aromatic heterocycles. The number of ketones is 1. The molecule has 5 heteroatoms. The number of hydrogen-bond donors (Lipinski definition) is 1. The Labute approximate surface area is 104 Å². The summed E-state index contributed by atoms with van der Waals surface area (Å²) in [6.07, 6.45) is 0. The van der Waals surface area contributed by atoms with Crippen LogP contribution in [0.25, 0.3) is 0 Å². The Kier molecular flexibility index (Phi) is 3.63. The van der Waals surface area contributed by atoms with Crippen LogP contribution in [0, 0.1) is 11.2 Å². The van der Waals surface area contributed by atoms with Gasteiger partial charge in [-0.3, -0.25) is 4.79 Å². The molecule has 1 heterocycles. The molecule has 98 valence electrons. The summed E-state index contributed by atoms with van der Waals surface area (Å²) < 4.78 is 23.7. The topological polar surface area (TPSA) is 55.8 Å². The molecule has 0 aliphatic carbocycles. The van der Waals surface area contributed by atoms with E-state index in [-0.39, 0.29) is 36.9 Å². The fourth-order valence-electron chi connectivity index (χ4n) is 1.86. The molecule has 0 unspecified atom stereocenters. The number of aliphatic hydroxyl groups excluding tert-OH is 1. The Morgan fingerprint density at radius 3 is 2.72 bits per heavy atom. The molecular formula is C13H15FO4. The van der Waals surface area contributed by atoms with E-state index in [1.807, 2.05) is 0 Å². The number of ether oxygens (including phenoxy) is 2. The van der Waals surface area contributed by atoms with Gasteiger partial charge >= 0.3 is 0 Å². The number of hydrogen-bond acceptors (Lipinski definition) is 4. The summed E-state index contributed by atoms with van der Waals surface area (Å²) in [5, 5.41) is 9.26. The molecule has 0 saturated carbocycles. The van der Waals surface area contributed by atoms with E-state index in [2.05, 4.69) is 0 Å².